The summed E-state index contributed by atoms with van der Waals surface area (Å²) in [4.78, 5) is 26.7. The number of H-pyrrole nitrogens is 2. The lowest BCUT2D eigenvalue weighted by atomic mass is 10.1. The molecule has 0 atom stereocenters. The quantitative estimate of drug-likeness (QED) is 0.766. The molecule has 0 aliphatic rings. The predicted molar refractivity (Wildman–Crippen MR) is 58.1 cm³/mol. The molecule has 2 aromatic rings. The van der Waals surface area contributed by atoms with E-state index in [1.165, 1.54) is 6.07 Å². The van der Waals surface area contributed by atoms with Gasteiger partial charge in [-0.2, -0.15) is 0 Å². The monoisotopic (exact) mass is 222 g/mol. The van der Waals surface area contributed by atoms with Crippen LogP contribution in [0, 0.1) is 0 Å². The number of hydrogen-bond donors (Lipinski definition) is 2. The van der Waals surface area contributed by atoms with Crippen LogP contribution < -0.4 is 11.2 Å². The van der Waals surface area contributed by atoms with Gasteiger partial charge in [0.1, 0.15) is 0 Å². The van der Waals surface area contributed by atoms with Crippen LogP contribution in [-0.4, -0.2) is 9.97 Å². The molecule has 0 aliphatic heterocycles. The smallest absolute Gasteiger partial charge is 0.307 e. The van der Waals surface area contributed by atoms with Crippen molar-refractivity contribution in [3.63, 3.8) is 0 Å². The number of benzene rings is 1. The molecule has 2 N–H and O–H groups in total. The SMILES string of the molecule is O=c1cc(-c2ccccc2Cl)[nH]c(=O)[nH]1. The van der Waals surface area contributed by atoms with Crippen molar-refractivity contribution in [1.82, 2.24) is 9.97 Å². The Morgan fingerprint density at radius 1 is 1.07 bits per heavy atom. The van der Waals surface area contributed by atoms with Gasteiger partial charge in [0.15, 0.2) is 0 Å². The average Bonchev–Trinajstić information content (AvgIpc) is 2.16. The zero-order valence-corrected chi connectivity index (χ0v) is 8.34. The van der Waals surface area contributed by atoms with Crippen molar-refractivity contribution >= 4 is 11.6 Å². The highest BCUT2D eigenvalue weighted by molar-refractivity contribution is 6.33. The molecule has 0 aliphatic carbocycles. The topological polar surface area (TPSA) is 65.7 Å². The van der Waals surface area contributed by atoms with Crippen LogP contribution in [-0.2, 0) is 0 Å². The standard InChI is InChI=1S/C10H7ClN2O2/c11-7-4-2-1-3-6(7)8-5-9(14)13-10(15)12-8/h1-5H,(H2,12,13,14,15). The van der Waals surface area contributed by atoms with Gasteiger partial charge in [0.2, 0.25) is 0 Å². The van der Waals surface area contributed by atoms with E-state index in [0.29, 0.717) is 16.3 Å². The zero-order chi connectivity index (χ0) is 10.8. The highest BCUT2D eigenvalue weighted by Crippen LogP contribution is 2.23. The molecule has 0 unspecified atom stereocenters. The van der Waals surface area contributed by atoms with E-state index in [4.69, 9.17) is 11.6 Å². The molecule has 0 bridgehead atoms. The van der Waals surface area contributed by atoms with Crippen molar-refractivity contribution in [3.05, 3.63) is 56.2 Å². The second-order valence-corrected chi connectivity index (χ2v) is 3.39. The summed E-state index contributed by atoms with van der Waals surface area (Å²) in [6.07, 6.45) is 0. The third-order valence-electron chi connectivity index (χ3n) is 1.92. The predicted octanol–water partition coefficient (Wildman–Crippen LogP) is 1.38. The fraction of sp³-hybridized carbons (Fsp3) is 0. The van der Waals surface area contributed by atoms with Crippen molar-refractivity contribution in [1.29, 1.82) is 0 Å². The average molecular weight is 223 g/mol. The Bertz CT molecular complexity index is 572. The van der Waals surface area contributed by atoms with Gasteiger partial charge in [-0.1, -0.05) is 29.8 Å². The zero-order valence-electron chi connectivity index (χ0n) is 7.58. The molecule has 5 heteroatoms. The van der Waals surface area contributed by atoms with Gasteiger partial charge in [-0.15, -0.1) is 0 Å². The van der Waals surface area contributed by atoms with E-state index in [2.05, 4.69) is 9.97 Å². The molecule has 0 saturated heterocycles. The van der Waals surface area contributed by atoms with Crippen LogP contribution in [0.1, 0.15) is 0 Å². The van der Waals surface area contributed by atoms with Gasteiger partial charge in [0.05, 0.1) is 5.69 Å². The minimum atomic E-state index is -0.544. The summed E-state index contributed by atoms with van der Waals surface area (Å²) in [6.45, 7) is 0. The Morgan fingerprint density at radius 3 is 2.47 bits per heavy atom. The van der Waals surface area contributed by atoms with Crippen LogP contribution in [0.25, 0.3) is 11.3 Å². The van der Waals surface area contributed by atoms with Crippen LogP contribution >= 0.6 is 11.6 Å². The number of rotatable bonds is 1. The van der Waals surface area contributed by atoms with Gasteiger partial charge in [-0.25, -0.2) is 4.79 Å². The third-order valence-corrected chi connectivity index (χ3v) is 2.25. The number of aromatic amines is 2. The van der Waals surface area contributed by atoms with Crippen molar-refractivity contribution in [2.75, 3.05) is 0 Å². The van der Waals surface area contributed by atoms with Crippen molar-refractivity contribution in [2.24, 2.45) is 0 Å². The first-order chi connectivity index (χ1) is 7.16. The number of halogens is 1. The van der Waals surface area contributed by atoms with Gasteiger partial charge in [0, 0.05) is 16.7 Å². The van der Waals surface area contributed by atoms with Crippen LogP contribution in [0.5, 0.6) is 0 Å². The summed E-state index contributed by atoms with van der Waals surface area (Å²) in [6, 6.07) is 8.27. The van der Waals surface area contributed by atoms with E-state index in [-0.39, 0.29) is 0 Å². The molecule has 0 radical (unpaired) electrons. The van der Waals surface area contributed by atoms with Crippen molar-refractivity contribution in [2.45, 2.75) is 0 Å². The Morgan fingerprint density at radius 2 is 1.80 bits per heavy atom. The Balaban J connectivity index is 2.70. The first kappa shape index (κ1) is 9.73. The fourth-order valence-corrected chi connectivity index (χ4v) is 1.53. The number of aromatic nitrogens is 2. The van der Waals surface area contributed by atoms with Crippen LogP contribution in [0.4, 0.5) is 0 Å². The van der Waals surface area contributed by atoms with Crippen LogP contribution in [0.15, 0.2) is 39.9 Å². The maximum absolute atomic E-state index is 11.1. The minimum absolute atomic E-state index is 0.411. The second-order valence-electron chi connectivity index (χ2n) is 2.98. The summed E-state index contributed by atoms with van der Waals surface area (Å²) in [7, 11) is 0. The largest absolute Gasteiger partial charge is 0.326 e. The molecule has 1 heterocycles. The van der Waals surface area contributed by atoms with Gasteiger partial charge in [-0.05, 0) is 6.07 Å². The first-order valence-electron chi connectivity index (χ1n) is 4.25. The van der Waals surface area contributed by atoms with Crippen LogP contribution in [0.3, 0.4) is 0 Å². The Kier molecular flexibility index (Phi) is 2.43. The number of hydrogen-bond acceptors (Lipinski definition) is 2. The summed E-state index contributed by atoms with van der Waals surface area (Å²) in [5.74, 6) is 0. The highest BCUT2D eigenvalue weighted by atomic mass is 35.5. The normalized spacial score (nSPS) is 10.2. The lowest BCUT2D eigenvalue weighted by molar-refractivity contribution is 1.04. The maximum Gasteiger partial charge on any atom is 0.326 e. The molecule has 0 spiro atoms. The molecule has 1 aromatic carbocycles. The van der Waals surface area contributed by atoms with E-state index in [1.54, 1.807) is 24.3 Å². The summed E-state index contributed by atoms with van der Waals surface area (Å²) < 4.78 is 0. The van der Waals surface area contributed by atoms with Gasteiger partial charge < -0.3 is 4.98 Å². The Labute approximate surface area is 89.6 Å². The lowest BCUT2D eigenvalue weighted by Crippen LogP contribution is -2.21. The van der Waals surface area contributed by atoms with Gasteiger partial charge in [0.25, 0.3) is 5.56 Å². The second kappa shape index (κ2) is 3.74. The first-order valence-corrected chi connectivity index (χ1v) is 4.63. The van der Waals surface area contributed by atoms with Crippen LogP contribution in [0.2, 0.25) is 5.02 Å². The molecule has 1 aromatic heterocycles. The molecule has 15 heavy (non-hydrogen) atoms. The molecule has 0 saturated carbocycles. The summed E-state index contributed by atoms with van der Waals surface area (Å²) in [5, 5.41) is 0.485. The molecule has 4 nitrogen and oxygen atoms in total. The third kappa shape index (κ3) is 1.99. The fourth-order valence-electron chi connectivity index (χ4n) is 1.29. The maximum atomic E-state index is 11.1. The van der Waals surface area contributed by atoms with E-state index < -0.39 is 11.2 Å². The molecule has 0 fully saturated rings. The van der Waals surface area contributed by atoms with E-state index in [1.807, 2.05) is 0 Å². The van der Waals surface area contributed by atoms with Crippen molar-refractivity contribution in [3.8, 4) is 11.3 Å². The highest BCUT2D eigenvalue weighted by Gasteiger charge is 2.03. The molecule has 2 rings (SSSR count). The van der Waals surface area contributed by atoms with Crippen molar-refractivity contribution < 1.29 is 0 Å². The number of nitrogens with one attached hydrogen (secondary N) is 2. The molecule has 76 valence electrons. The van der Waals surface area contributed by atoms with Gasteiger partial charge in [-0.3, -0.25) is 9.78 Å². The van der Waals surface area contributed by atoms with E-state index in [0.717, 1.165) is 0 Å². The van der Waals surface area contributed by atoms with E-state index in [9.17, 15) is 9.59 Å². The van der Waals surface area contributed by atoms with Gasteiger partial charge >= 0.3 is 5.69 Å². The van der Waals surface area contributed by atoms with E-state index >= 15 is 0 Å². The molecular formula is C10H7ClN2O2. The Hall–Kier alpha value is -1.81. The molecular weight excluding hydrogens is 216 g/mol. The lowest BCUT2D eigenvalue weighted by Gasteiger charge is -2.02. The minimum Gasteiger partial charge on any atom is -0.307 e. The molecule has 0 amide bonds. The summed E-state index contributed by atoms with van der Waals surface area (Å²) >= 11 is 5.93. The summed E-state index contributed by atoms with van der Waals surface area (Å²) in [5.41, 5.74) is 0.0443.